The second-order valence-electron chi connectivity index (χ2n) is 7.34. The molecule has 0 aliphatic carbocycles. The molecule has 0 atom stereocenters. The molecule has 0 N–H and O–H groups in total. The highest BCUT2D eigenvalue weighted by atomic mass is 79.9. The summed E-state index contributed by atoms with van der Waals surface area (Å²) in [6, 6.07) is 17.1. The average molecular weight is 607 g/mol. The predicted molar refractivity (Wildman–Crippen MR) is 137 cm³/mol. The normalized spacial score (nSPS) is 14.7. The van der Waals surface area contributed by atoms with Gasteiger partial charge in [-0.15, -0.1) is 0 Å². The zero-order valence-electron chi connectivity index (χ0n) is 17.9. The Labute approximate surface area is 217 Å². The molecule has 4 rings (SSSR count). The average Bonchev–Trinajstić information content (AvgIpc) is 3.07. The molecule has 174 valence electrons. The minimum absolute atomic E-state index is 0.162. The molecule has 2 amide bonds. The summed E-state index contributed by atoms with van der Waals surface area (Å²) in [6.45, 7) is 0.363. The van der Waals surface area contributed by atoms with E-state index in [0.717, 1.165) is 21.8 Å². The molecule has 1 fully saturated rings. The second-order valence-corrected chi connectivity index (χ2v) is 10.1. The van der Waals surface area contributed by atoms with Crippen molar-refractivity contribution >= 4 is 60.8 Å². The molecule has 3 aromatic carbocycles. The summed E-state index contributed by atoms with van der Waals surface area (Å²) in [6.07, 6.45) is 1.65. The number of carbonyl (C=O) groups excluding carboxylic acids is 2. The summed E-state index contributed by atoms with van der Waals surface area (Å²) >= 11 is 7.77. The lowest BCUT2D eigenvalue weighted by Gasteiger charge is -2.13. The summed E-state index contributed by atoms with van der Waals surface area (Å²) in [5.74, 6) is 0.216. The lowest BCUT2D eigenvalue weighted by molar-refractivity contribution is -0.123. The van der Waals surface area contributed by atoms with E-state index in [0.29, 0.717) is 32.0 Å². The third kappa shape index (κ3) is 5.71. The van der Waals surface area contributed by atoms with Gasteiger partial charge >= 0.3 is 0 Å². The minimum Gasteiger partial charge on any atom is -0.493 e. The van der Waals surface area contributed by atoms with E-state index in [-0.39, 0.29) is 30.1 Å². The van der Waals surface area contributed by atoms with Gasteiger partial charge in [0.25, 0.3) is 11.1 Å². The maximum atomic E-state index is 13.4. The smallest absolute Gasteiger partial charge is 0.293 e. The highest BCUT2D eigenvalue weighted by Crippen LogP contribution is 2.38. The first-order chi connectivity index (χ1) is 16.3. The van der Waals surface area contributed by atoms with Crippen molar-refractivity contribution in [1.82, 2.24) is 4.90 Å². The molecule has 0 saturated carbocycles. The lowest BCUT2D eigenvalue weighted by Crippen LogP contribution is -2.27. The zero-order valence-corrected chi connectivity index (χ0v) is 21.9. The monoisotopic (exact) mass is 605 g/mol. The van der Waals surface area contributed by atoms with E-state index in [4.69, 9.17) is 9.47 Å². The first-order valence-electron chi connectivity index (χ1n) is 10.1. The van der Waals surface area contributed by atoms with Crippen LogP contribution in [0.15, 0.2) is 74.5 Å². The third-order valence-electron chi connectivity index (χ3n) is 4.98. The van der Waals surface area contributed by atoms with Crippen LogP contribution < -0.4 is 9.47 Å². The maximum Gasteiger partial charge on any atom is 0.293 e. The molecule has 3 aromatic rings. The topological polar surface area (TPSA) is 55.8 Å². The van der Waals surface area contributed by atoms with E-state index < -0.39 is 0 Å². The Kier molecular flexibility index (Phi) is 7.75. The standard InChI is InChI=1S/C25H18Br2FNO4S/c1-32-21-10-17(20(27)12-22(21)33-14-16-3-2-4-19(28)9-16)11-23-24(30)29(25(31)34-23)13-15-5-7-18(26)8-6-15/h2-12H,13-14H2,1H3/b23-11-. The van der Waals surface area contributed by atoms with Crippen LogP contribution in [0, 0.1) is 5.82 Å². The number of nitrogens with zero attached hydrogens (tertiary/aromatic N) is 1. The number of hydrogen-bond acceptors (Lipinski definition) is 5. The number of benzene rings is 3. The minimum atomic E-state index is -0.352. The third-order valence-corrected chi connectivity index (χ3v) is 7.10. The molecule has 0 spiro atoms. The Balaban J connectivity index is 1.53. The lowest BCUT2D eigenvalue weighted by atomic mass is 10.1. The fraction of sp³-hybridized carbons (Fsp3) is 0.120. The summed E-state index contributed by atoms with van der Waals surface area (Å²) < 4.78 is 26.3. The number of methoxy groups -OCH3 is 1. The maximum absolute atomic E-state index is 13.4. The number of amides is 2. The molecule has 5 nitrogen and oxygen atoms in total. The van der Waals surface area contributed by atoms with E-state index in [1.807, 2.05) is 24.3 Å². The molecule has 0 unspecified atom stereocenters. The van der Waals surface area contributed by atoms with Crippen LogP contribution in [0.25, 0.3) is 6.08 Å². The fourth-order valence-corrected chi connectivity index (χ4v) is 4.80. The van der Waals surface area contributed by atoms with E-state index in [1.165, 1.54) is 24.1 Å². The fourth-order valence-electron chi connectivity index (χ4n) is 3.27. The van der Waals surface area contributed by atoms with Crippen molar-refractivity contribution in [1.29, 1.82) is 0 Å². The van der Waals surface area contributed by atoms with E-state index in [1.54, 1.807) is 30.3 Å². The van der Waals surface area contributed by atoms with Crippen molar-refractivity contribution in [2.45, 2.75) is 13.2 Å². The SMILES string of the molecule is COc1cc(/C=C2\SC(=O)N(Cc3ccc(Br)cc3)C2=O)c(Br)cc1OCc1cccc(F)c1. The quantitative estimate of drug-likeness (QED) is 0.267. The van der Waals surface area contributed by atoms with Crippen LogP contribution in [0.4, 0.5) is 9.18 Å². The first-order valence-corrected chi connectivity index (χ1v) is 12.5. The number of rotatable bonds is 7. The van der Waals surface area contributed by atoms with Crippen molar-refractivity contribution < 1.29 is 23.5 Å². The summed E-state index contributed by atoms with van der Waals surface area (Å²) in [5.41, 5.74) is 2.19. The van der Waals surface area contributed by atoms with Gasteiger partial charge in [-0.3, -0.25) is 14.5 Å². The molecular formula is C25H18Br2FNO4S. The Bertz CT molecular complexity index is 1280. The van der Waals surface area contributed by atoms with Crippen molar-refractivity contribution in [3.8, 4) is 11.5 Å². The molecule has 1 aliphatic heterocycles. The van der Waals surface area contributed by atoms with Crippen LogP contribution in [0.3, 0.4) is 0 Å². The van der Waals surface area contributed by atoms with Gasteiger partial charge in [0, 0.05) is 8.95 Å². The highest BCUT2D eigenvalue weighted by Gasteiger charge is 2.35. The number of ether oxygens (including phenoxy) is 2. The van der Waals surface area contributed by atoms with Crippen molar-refractivity contribution in [3.63, 3.8) is 0 Å². The summed E-state index contributed by atoms with van der Waals surface area (Å²) in [4.78, 5) is 27.0. The van der Waals surface area contributed by atoms with E-state index >= 15 is 0 Å². The molecule has 0 radical (unpaired) electrons. The van der Waals surface area contributed by atoms with E-state index in [2.05, 4.69) is 31.9 Å². The predicted octanol–water partition coefficient (Wildman–Crippen LogP) is 7.17. The number of carbonyl (C=O) groups is 2. The van der Waals surface area contributed by atoms with Crippen LogP contribution in [0.2, 0.25) is 0 Å². The Morgan fingerprint density at radius 1 is 1.00 bits per heavy atom. The first kappa shape index (κ1) is 24.5. The number of imide groups is 1. The van der Waals surface area contributed by atoms with Gasteiger partial charge in [0.2, 0.25) is 0 Å². The molecule has 0 aromatic heterocycles. The molecule has 1 aliphatic rings. The molecular weight excluding hydrogens is 589 g/mol. The number of halogens is 3. The van der Waals surface area contributed by atoms with Crippen LogP contribution >= 0.6 is 43.6 Å². The van der Waals surface area contributed by atoms with Gasteiger partial charge in [-0.05, 0) is 70.9 Å². The van der Waals surface area contributed by atoms with Gasteiger partial charge in [0.1, 0.15) is 12.4 Å². The Hall–Kier alpha value is -2.62. The van der Waals surface area contributed by atoms with Crippen molar-refractivity contribution in [3.05, 3.63) is 97.0 Å². The van der Waals surface area contributed by atoms with Crippen LogP contribution in [0.5, 0.6) is 11.5 Å². The van der Waals surface area contributed by atoms with E-state index in [9.17, 15) is 14.0 Å². The highest BCUT2D eigenvalue weighted by molar-refractivity contribution is 9.10. The van der Waals surface area contributed by atoms with Gasteiger partial charge < -0.3 is 9.47 Å². The summed E-state index contributed by atoms with van der Waals surface area (Å²) in [5, 5.41) is -0.322. The summed E-state index contributed by atoms with van der Waals surface area (Å²) in [7, 11) is 1.51. The van der Waals surface area contributed by atoms with Gasteiger partial charge in [-0.1, -0.05) is 56.1 Å². The van der Waals surface area contributed by atoms with Gasteiger partial charge in [0.15, 0.2) is 11.5 Å². The van der Waals surface area contributed by atoms with Gasteiger partial charge in [0.05, 0.1) is 18.6 Å². The Morgan fingerprint density at radius 3 is 2.47 bits per heavy atom. The second kappa shape index (κ2) is 10.8. The van der Waals surface area contributed by atoms with Crippen molar-refractivity contribution in [2.75, 3.05) is 7.11 Å². The molecule has 1 saturated heterocycles. The molecule has 34 heavy (non-hydrogen) atoms. The van der Waals surface area contributed by atoms with Crippen LogP contribution in [-0.2, 0) is 17.9 Å². The Morgan fingerprint density at radius 2 is 1.76 bits per heavy atom. The van der Waals surface area contributed by atoms with Crippen molar-refractivity contribution in [2.24, 2.45) is 0 Å². The molecule has 9 heteroatoms. The number of thioether (sulfide) groups is 1. The van der Waals surface area contributed by atoms with Crippen LogP contribution in [-0.4, -0.2) is 23.2 Å². The zero-order chi connectivity index (χ0) is 24.2. The number of hydrogen-bond donors (Lipinski definition) is 0. The largest absolute Gasteiger partial charge is 0.493 e. The molecule has 1 heterocycles. The van der Waals surface area contributed by atoms with Gasteiger partial charge in [-0.25, -0.2) is 4.39 Å². The van der Waals surface area contributed by atoms with Crippen LogP contribution in [0.1, 0.15) is 16.7 Å². The molecule has 0 bridgehead atoms. The van der Waals surface area contributed by atoms with Gasteiger partial charge in [-0.2, -0.15) is 0 Å².